The lowest BCUT2D eigenvalue weighted by Crippen LogP contribution is -2.24. The average Bonchev–Trinajstić information content (AvgIpc) is 2.99. The van der Waals surface area contributed by atoms with Gasteiger partial charge in [0, 0.05) is 6.54 Å². The minimum atomic E-state index is 0.810. The molecule has 0 unspecified atom stereocenters. The van der Waals surface area contributed by atoms with E-state index in [0.717, 1.165) is 18.4 Å². The van der Waals surface area contributed by atoms with Crippen molar-refractivity contribution in [2.24, 2.45) is 5.92 Å². The van der Waals surface area contributed by atoms with Crippen LogP contribution in [0.3, 0.4) is 0 Å². The van der Waals surface area contributed by atoms with Gasteiger partial charge in [0.1, 0.15) is 12.7 Å². The molecule has 4 rings (SSSR count). The molecule has 2 aromatic rings. The van der Waals surface area contributed by atoms with E-state index >= 15 is 0 Å². The third-order valence-corrected chi connectivity index (χ3v) is 5.05. The molecule has 2 atom stereocenters. The second-order valence-corrected chi connectivity index (χ2v) is 6.33. The second kappa shape index (κ2) is 5.04. The molecule has 0 aliphatic heterocycles. The lowest BCUT2D eigenvalue weighted by molar-refractivity contribution is 0.333. The molecule has 0 N–H and O–H groups in total. The van der Waals surface area contributed by atoms with Crippen molar-refractivity contribution in [3.05, 3.63) is 47.5 Å². The van der Waals surface area contributed by atoms with Crippen molar-refractivity contribution < 1.29 is 0 Å². The first-order valence-electron chi connectivity index (χ1n) is 7.83. The summed E-state index contributed by atoms with van der Waals surface area (Å²) < 4.78 is 1.97. The molecule has 104 valence electrons. The molecule has 2 aliphatic carbocycles. The van der Waals surface area contributed by atoms with Crippen LogP contribution in [-0.2, 0) is 19.4 Å². The van der Waals surface area contributed by atoms with Crippen LogP contribution in [0.4, 0.5) is 0 Å². The van der Waals surface area contributed by atoms with Crippen molar-refractivity contribution in [2.75, 3.05) is 0 Å². The SMILES string of the molecule is c1cc2c3c(c1)C[C@@H](CCn1cncn1)C[C@@H]3CCC2. The zero-order valence-corrected chi connectivity index (χ0v) is 11.8. The van der Waals surface area contributed by atoms with Crippen molar-refractivity contribution in [2.45, 2.75) is 51.0 Å². The number of benzene rings is 1. The van der Waals surface area contributed by atoms with E-state index in [1.54, 1.807) is 23.0 Å². The molecule has 0 saturated heterocycles. The fourth-order valence-electron chi connectivity index (χ4n) is 4.19. The third kappa shape index (κ3) is 2.15. The van der Waals surface area contributed by atoms with Gasteiger partial charge in [-0.2, -0.15) is 5.10 Å². The molecule has 1 heterocycles. The smallest absolute Gasteiger partial charge is 0.137 e. The summed E-state index contributed by atoms with van der Waals surface area (Å²) in [5.41, 5.74) is 4.98. The van der Waals surface area contributed by atoms with Gasteiger partial charge in [0.15, 0.2) is 0 Å². The van der Waals surface area contributed by atoms with E-state index in [-0.39, 0.29) is 0 Å². The summed E-state index contributed by atoms with van der Waals surface area (Å²) in [5, 5.41) is 4.21. The normalized spacial score (nSPS) is 24.4. The maximum absolute atomic E-state index is 4.21. The maximum atomic E-state index is 4.21. The van der Waals surface area contributed by atoms with Gasteiger partial charge >= 0.3 is 0 Å². The van der Waals surface area contributed by atoms with Crippen LogP contribution >= 0.6 is 0 Å². The van der Waals surface area contributed by atoms with E-state index in [2.05, 4.69) is 28.3 Å². The van der Waals surface area contributed by atoms with Gasteiger partial charge in [0.05, 0.1) is 0 Å². The van der Waals surface area contributed by atoms with Crippen molar-refractivity contribution in [1.29, 1.82) is 0 Å². The lowest BCUT2D eigenvalue weighted by atomic mass is 9.69. The monoisotopic (exact) mass is 267 g/mol. The van der Waals surface area contributed by atoms with Crippen molar-refractivity contribution in [1.82, 2.24) is 14.8 Å². The van der Waals surface area contributed by atoms with Crippen LogP contribution in [0.2, 0.25) is 0 Å². The average molecular weight is 267 g/mol. The summed E-state index contributed by atoms with van der Waals surface area (Å²) in [7, 11) is 0. The molecule has 3 nitrogen and oxygen atoms in total. The number of aryl methyl sites for hydroxylation is 2. The van der Waals surface area contributed by atoms with Crippen LogP contribution in [0.15, 0.2) is 30.9 Å². The predicted molar refractivity (Wildman–Crippen MR) is 78.6 cm³/mol. The molecule has 20 heavy (non-hydrogen) atoms. The standard InChI is InChI=1S/C17H21N3/c1-3-14-4-2-6-16-10-13(9-15(5-1)17(14)16)7-8-20-12-18-11-19-20/h1,3,5,11-13,16H,2,4,6-10H2/t13-,16+/m1/s1. The third-order valence-electron chi connectivity index (χ3n) is 5.05. The Balaban J connectivity index is 1.52. The van der Waals surface area contributed by atoms with Crippen LogP contribution < -0.4 is 0 Å². The van der Waals surface area contributed by atoms with Crippen molar-refractivity contribution in [3.63, 3.8) is 0 Å². The first-order chi connectivity index (χ1) is 9.90. The van der Waals surface area contributed by atoms with Crippen LogP contribution in [0.5, 0.6) is 0 Å². The van der Waals surface area contributed by atoms with Crippen molar-refractivity contribution in [3.8, 4) is 0 Å². The summed E-state index contributed by atoms with van der Waals surface area (Å²) >= 11 is 0. The second-order valence-electron chi connectivity index (χ2n) is 6.33. The number of hydrogen-bond donors (Lipinski definition) is 0. The van der Waals surface area contributed by atoms with E-state index < -0.39 is 0 Å². The molecule has 0 radical (unpaired) electrons. The molecule has 1 aromatic heterocycles. The predicted octanol–water partition coefficient (Wildman–Crippen LogP) is 3.35. The number of aromatic nitrogens is 3. The summed E-state index contributed by atoms with van der Waals surface area (Å²) in [6.07, 6.45) is 11.4. The molecular formula is C17H21N3. The molecule has 1 aromatic carbocycles. The highest BCUT2D eigenvalue weighted by molar-refractivity contribution is 5.41. The summed E-state index contributed by atoms with van der Waals surface area (Å²) in [5.74, 6) is 1.63. The van der Waals surface area contributed by atoms with E-state index in [0.29, 0.717) is 0 Å². The Morgan fingerprint density at radius 3 is 3.10 bits per heavy atom. The molecule has 0 fully saturated rings. The molecule has 0 amide bonds. The fraction of sp³-hybridized carbons (Fsp3) is 0.529. The quantitative estimate of drug-likeness (QED) is 0.854. The first kappa shape index (κ1) is 12.1. The molecule has 0 bridgehead atoms. The maximum Gasteiger partial charge on any atom is 0.137 e. The highest BCUT2D eigenvalue weighted by Crippen LogP contribution is 2.43. The van der Waals surface area contributed by atoms with Gasteiger partial charge in [-0.3, -0.25) is 4.68 Å². The Kier molecular flexibility index (Phi) is 3.06. The van der Waals surface area contributed by atoms with E-state index in [9.17, 15) is 0 Å². The lowest BCUT2D eigenvalue weighted by Gasteiger charge is -2.36. The van der Waals surface area contributed by atoms with Gasteiger partial charge in [0.25, 0.3) is 0 Å². The minimum Gasteiger partial charge on any atom is -0.253 e. The van der Waals surface area contributed by atoms with Gasteiger partial charge in [-0.05, 0) is 67.1 Å². The summed E-state index contributed by atoms with van der Waals surface area (Å²) in [6, 6.07) is 6.97. The number of rotatable bonds is 3. The topological polar surface area (TPSA) is 30.7 Å². The highest BCUT2D eigenvalue weighted by atomic mass is 15.3. The first-order valence-corrected chi connectivity index (χ1v) is 7.83. The molecule has 0 saturated carbocycles. The van der Waals surface area contributed by atoms with Gasteiger partial charge in [-0.25, -0.2) is 4.98 Å². The number of nitrogens with zero attached hydrogens (tertiary/aromatic N) is 3. The summed E-state index contributed by atoms with van der Waals surface area (Å²) in [6.45, 7) is 1.01. The zero-order chi connectivity index (χ0) is 13.4. The van der Waals surface area contributed by atoms with Crippen LogP contribution in [0.25, 0.3) is 0 Å². The Labute approximate surface area is 120 Å². The molecule has 0 spiro atoms. The molecule has 2 aliphatic rings. The minimum absolute atomic E-state index is 0.810. The Morgan fingerprint density at radius 1 is 1.25 bits per heavy atom. The van der Waals surface area contributed by atoms with Crippen LogP contribution in [0, 0.1) is 5.92 Å². The van der Waals surface area contributed by atoms with E-state index in [1.165, 1.54) is 38.5 Å². The largest absolute Gasteiger partial charge is 0.253 e. The zero-order valence-electron chi connectivity index (χ0n) is 11.8. The Bertz CT molecular complexity index is 588. The Hall–Kier alpha value is -1.64. The fourth-order valence-corrected chi connectivity index (χ4v) is 4.19. The van der Waals surface area contributed by atoms with Gasteiger partial charge in [-0.1, -0.05) is 18.2 Å². The van der Waals surface area contributed by atoms with Gasteiger partial charge < -0.3 is 0 Å². The van der Waals surface area contributed by atoms with Crippen LogP contribution in [-0.4, -0.2) is 14.8 Å². The molecular weight excluding hydrogens is 246 g/mol. The van der Waals surface area contributed by atoms with Crippen molar-refractivity contribution >= 4 is 0 Å². The van der Waals surface area contributed by atoms with Crippen LogP contribution in [0.1, 0.15) is 48.3 Å². The van der Waals surface area contributed by atoms with E-state index in [1.807, 2.05) is 11.0 Å². The highest BCUT2D eigenvalue weighted by Gasteiger charge is 2.30. The number of hydrogen-bond acceptors (Lipinski definition) is 2. The molecule has 3 heteroatoms. The van der Waals surface area contributed by atoms with Gasteiger partial charge in [0.2, 0.25) is 0 Å². The van der Waals surface area contributed by atoms with Gasteiger partial charge in [-0.15, -0.1) is 0 Å². The van der Waals surface area contributed by atoms with E-state index in [4.69, 9.17) is 0 Å². The Morgan fingerprint density at radius 2 is 2.20 bits per heavy atom. The summed E-state index contributed by atoms with van der Waals surface area (Å²) in [4.78, 5) is 4.03.